The fourth-order valence-electron chi connectivity index (χ4n) is 1.11. The van der Waals surface area contributed by atoms with Crippen LogP contribution in [-0.4, -0.2) is 11.0 Å². The Morgan fingerprint density at radius 2 is 2.20 bits per heavy atom. The lowest BCUT2D eigenvalue weighted by atomic mass is 10.3. The highest BCUT2D eigenvalue weighted by atomic mass is 35.5. The summed E-state index contributed by atoms with van der Waals surface area (Å²) in [7, 11) is 0. The van der Waals surface area contributed by atoms with Crippen molar-refractivity contribution < 1.29 is 14.1 Å². The van der Waals surface area contributed by atoms with Crippen LogP contribution in [0.5, 0.6) is 5.75 Å². The lowest BCUT2D eigenvalue weighted by molar-refractivity contribution is -0.387. The summed E-state index contributed by atoms with van der Waals surface area (Å²) in [5.74, 6) is -0.762. The van der Waals surface area contributed by atoms with Crippen LogP contribution in [0.2, 0.25) is 5.02 Å². The molecule has 0 bridgehead atoms. The zero-order chi connectivity index (χ0) is 11.0. The minimum absolute atomic E-state index is 0.0648. The Morgan fingerprint density at radius 3 is 2.73 bits per heavy atom. The number of nitro benzene ring substituents is 1. The van der Waals surface area contributed by atoms with Gasteiger partial charge in [-0.1, -0.05) is 11.6 Å². The SMILES string of the molecule is O=[N+]([O-])c1cc(Cl)c(OC2CC2)cc1F. The minimum atomic E-state index is -0.931. The number of hydrogen-bond acceptors (Lipinski definition) is 3. The molecule has 4 nitrogen and oxygen atoms in total. The summed E-state index contributed by atoms with van der Waals surface area (Å²) < 4.78 is 18.4. The number of nitrogens with zero attached hydrogens (tertiary/aromatic N) is 1. The maximum Gasteiger partial charge on any atom is 0.306 e. The van der Waals surface area contributed by atoms with Crippen molar-refractivity contribution in [2.24, 2.45) is 0 Å². The van der Waals surface area contributed by atoms with Crippen LogP contribution in [0.1, 0.15) is 12.8 Å². The third-order valence-corrected chi connectivity index (χ3v) is 2.31. The molecule has 80 valence electrons. The fourth-order valence-corrected chi connectivity index (χ4v) is 1.32. The average molecular weight is 232 g/mol. The van der Waals surface area contributed by atoms with Crippen LogP contribution in [0.4, 0.5) is 10.1 Å². The Balaban J connectivity index is 2.32. The van der Waals surface area contributed by atoms with E-state index in [1.54, 1.807) is 0 Å². The molecular weight excluding hydrogens is 225 g/mol. The molecular formula is C9H7ClFNO3. The predicted octanol–water partition coefficient (Wildman–Crippen LogP) is 2.93. The highest BCUT2D eigenvalue weighted by Crippen LogP contribution is 2.35. The topological polar surface area (TPSA) is 52.4 Å². The van der Waals surface area contributed by atoms with Crippen molar-refractivity contribution in [3.8, 4) is 5.75 Å². The van der Waals surface area contributed by atoms with Gasteiger partial charge in [0, 0.05) is 12.1 Å². The van der Waals surface area contributed by atoms with Gasteiger partial charge < -0.3 is 4.74 Å². The van der Waals surface area contributed by atoms with Gasteiger partial charge in [0.15, 0.2) is 0 Å². The maximum absolute atomic E-state index is 13.2. The van der Waals surface area contributed by atoms with Gasteiger partial charge in [-0.3, -0.25) is 10.1 Å². The first kappa shape index (κ1) is 10.2. The highest BCUT2D eigenvalue weighted by Gasteiger charge is 2.26. The third-order valence-electron chi connectivity index (χ3n) is 2.02. The van der Waals surface area contributed by atoms with Crippen LogP contribution < -0.4 is 4.74 Å². The largest absolute Gasteiger partial charge is 0.489 e. The van der Waals surface area contributed by atoms with Gasteiger partial charge in [0.2, 0.25) is 5.82 Å². The molecule has 0 aromatic heterocycles. The van der Waals surface area contributed by atoms with E-state index < -0.39 is 16.4 Å². The first-order chi connectivity index (χ1) is 7.08. The molecule has 0 saturated heterocycles. The molecule has 0 heterocycles. The van der Waals surface area contributed by atoms with Crippen LogP contribution in [0.3, 0.4) is 0 Å². The molecule has 1 aliphatic carbocycles. The number of ether oxygens (including phenoxy) is 1. The molecule has 0 spiro atoms. The molecule has 1 aromatic rings. The first-order valence-electron chi connectivity index (χ1n) is 4.38. The van der Waals surface area contributed by atoms with E-state index >= 15 is 0 Å². The minimum Gasteiger partial charge on any atom is -0.489 e. The van der Waals surface area contributed by atoms with Gasteiger partial charge in [-0.05, 0) is 12.8 Å². The van der Waals surface area contributed by atoms with Gasteiger partial charge >= 0.3 is 5.69 Å². The quantitative estimate of drug-likeness (QED) is 0.594. The van der Waals surface area contributed by atoms with Crippen LogP contribution in [0, 0.1) is 15.9 Å². The van der Waals surface area contributed by atoms with Gasteiger partial charge in [0.05, 0.1) is 16.0 Å². The predicted molar refractivity (Wildman–Crippen MR) is 51.7 cm³/mol. The molecule has 0 N–H and O–H groups in total. The Bertz CT molecular complexity index is 420. The summed E-state index contributed by atoms with van der Waals surface area (Å²) in [5.41, 5.74) is -0.636. The standard InChI is InChI=1S/C9H7ClFNO3/c10-6-3-8(12(13)14)7(11)4-9(6)15-5-1-2-5/h3-5H,1-2H2. The Morgan fingerprint density at radius 1 is 1.53 bits per heavy atom. The van der Waals surface area contributed by atoms with Crippen molar-refractivity contribution in [2.45, 2.75) is 18.9 Å². The number of nitro groups is 1. The van der Waals surface area contributed by atoms with Crippen molar-refractivity contribution in [3.05, 3.63) is 33.1 Å². The normalized spacial score (nSPS) is 15.1. The number of rotatable bonds is 3. The van der Waals surface area contributed by atoms with Crippen molar-refractivity contribution in [3.63, 3.8) is 0 Å². The molecule has 6 heteroatoms. The van der Waals surface area contributed by atoms with Gasteiger partial charge in [-0.25, -0.2) is 0 Å². The summed E-state index contributed by atoms with van der Waals surface area (Å²) in [6.45, 7) is 0. The van der Waals surface area contributed by atoms with E-state index in [1.165, 1.54) is 0 Å². The monoisotopic (exact) mass is 231 g/mol. The smallest absolute Gasteiger partial charge is 0.306 e. The molecule has 0 unspecified atom stereocenters. The lowest BCUT2D eigenvalue weighted by Gasteiger charge is -2.06. The van der Waals surface area contributed by atoms with Crippen LogP contribution in [0.15, 0.2) is 12.1 Å². The van der Waals surface area contributed by atoms with Crippen molar-refractivity contribution in [2.75, 3.05) is 0 Å². The number of hydrogen-bond donors (Lipinski definition) is 0. The second-order valence-corrected chi connectivity index (χ2v) is 3.72. The van der Waals surface area contributed by atoms with E-state index in [9.17, 15) is 14.5 Å². The Labute approximate surface area is 89.8 Å². The van der Waals surface area contributed by atoms with Gasteiger partial charge in [-0.2, -0.15) is 4.39 Å². The van der Waals surface area contributed by atoms with E-state index in [0.29, 0.717) is 0 Å². The molecule has 2 rings (SSSR count). The molecule has 1 fully saturated rings. The summed E-state index contributed by atoms with van der Waals surface area (Å²) in [6.07, 6.45) is 1.90. The molecule has 1 saturated carbocycles. The zero-order valence-electron chi connectivity index (χ0n) is 7.57. The molecule has 0 amide bonds. The average Bonchev–Trinajstić information content (AvgIpc) is 2.94. The van der Waals surface area contributed by atoms with E-state index in [-0.39, 0.29) is 16.9 Å². The Hall–Kier alpha value is -1.36. The highest BCUT2D eigenvalue weighted by molar-refractivity contribution is 6.32. The summed E-state index contributed by atoms with van der Waals surface area (Å²) in [4.78, 5) is 9.57. The Kier molecular flexibility index (Phi) is 2.48. The van der Waals surface area contributed by atoms with Gasteiger partial charge in [0.1, 0.15) is 5.75 Å². The van der Waals surface area contributed by atoms with Crippen molar-refractivity contribution >= 4 is 17.3 Å². The summed E-state index contributed by atoms with van der Waals surface area (Å²) >= 11 is 5.72. The zero-order valence-corrected chi connectivity index (χ0v) is 8.33. The van der Waals surface area contributed by atoms with Crippen molar-refractivity contribution in [1.82, 2.24) is 0 Å². The number of benzene rings is 1. The second kappa shape index (κ2) is 3.66. The van der Waals surface area contributed by atoms with Gasteiger partial charge in [-0.15, -0.1) is 0 Å². The molecule has 0 aliphatic heterocycles. The van der Waals surface area contributed by atoms with Crippen molar-refractivity contribution in [1.29, 1.82) is 0 Å². The summed E-state index contributed by atoms with van der Waals surface area (Å²) in [5, 5.41) is 10.5. The molecule has 1 aromatic carbocycles. The van der Waals surface area contributed by atoms with E-state index in [1.807, 2.05) is 0 Å². The molecule has 1 aliphatic rings. The van der Waals surface area contributed by atoms with E-state index in [0.717, 1.165) is 25.0 Å². The third kappa shape index (κ3) is 2.18. The number of halogens is 2. The van der Waals surface area contributed by atoms with Crippen LogP contribution in [-0.2, 0) is 0 Å². The van der Waals surface area contributed by atoms with Gasteiger partial charge in [0.25, 0.3) is 0 Å². The second-order valence-electron chi connectivity index (χ2n) is 3.31. The molecule has 15 heavy (non-hydrogen) atoms. The van der Waals surface area contributed by atoms with E-state index in [4.69, 9.17) is 16.3 Å². The summed E-state index contributed by atoms with van der Waals surface area (Å²) in [6, 6.07) is 1.92. The van der Waals surface area contributed by atoms with Crippen LogP contribution in [0.25, 0.3) is 0 Å². The maximum atomic E-state index is 13.2. The first-order valence-corrected chi connectivity index (χ1v) is 4.76. The molecule has 0 atom stereocenters. The van der Waals surface area contributed by atoms with E-state index in [2.05, 4.69) is 0 Å². The molecule has 0 radical (unpaired) electrons. The lowest BCUT2D eigenvalue weighted by Crippen LogP contribution is -1.99. The fraction of sp³-hybridized carbons (Fsp3) is 0.333. The van der Waals surface area contributed by atoms with Crippen LogP contribution >= 0.6 is 11.6 Å².